The summed E-state index contributed by atoms with van der Waals surface area (Å²) in [5, 5.41) is 6.74. The summed E-state index contributed by atoms with van der Waals surface area (Å²) < 4.78 is 0. The predicted molar refractivity (Wildman–Crippen MR) is 81.9 cm³/mol. The van der Waals surface area contributed by atoms with E-state index in [4.69, 9.17) is 4.98 Å². The molecule has 0 amide bonds. The lowest BCUT2D eigenvalue weighted by Crippen LogP contribution is -2.24. The predicted octanol–water partition coefficient (Wildman–Crippen LogP) is 3.74. The molecule has 0 bridgehead atoms. The summed E-state index contributed by atoms with van der Waals surface area (Å²) in [5.74, 6) is 0. The van der Waals surface area contributed by atoms with E-state index < -0.39 is 0 Å². The van der Waals surface area contributed by atoms with Gasteiger partial charge in [0.05, 0.1) is 12.2 Å². The van der Waals surface area contributed by atoms with E-state index in [1.54, 1.807) is 11.3 Å². The minimum absolute atomic E-state index is 0.742. The Morgan fingerprint density at radius 2 is 2.11 bits per heavy atom. The summed E-state index contributed by atoms with van der Waals surface area (Å²) in [6.07, 6.45) is 2.65. The third-order valence-electron chi connectivity index (χ3n) is 3.36. The molecule has 0 saturated heterocycles. The molecule has 3 rings (SSSR count). The van der Waals surface area contributed by atoms with E-state index in [9.17, 15) is 0 Å². The van der Waals surface area contributed by atoms with Gasteiger partial charge in [-0.3, -0.25) is 0 Å². The van der Waals surface area contributed by atoms with Crippen molar-refractivity contribution in [1.29, 1.82) is 0 Å². The number of hydrogen-bond donors (Lipinski definition) is 1. The first-order chi connectivity index (χ1) is 9.36. The van der Waals surface area contributed by atoms with Gasteiger partial charge in [0.15, 0.2) is 5.13 Å². The first-order valence-electron chi connectivity index (χ1n) is 6.87. The molecule has 1 heterocycles. The van der Waals surface area contributed by atoms with E-state index in [-0.39, 0.29) is 0 Å². The van der Waals surface area contributed by atoms with E-state index in [0.717, 1.165) is 30.5 Å². The highest BCUT2D eigenvalue weighted by Gasteiger charge is 2.29. The van der Waals surface area contributed by atoms with Crippen LogP contribution in [0, 0.1) is 0 Å². The van der Waals surface area contributed by atoms with E-state index >= 15 is 0 Å². The van der Waals surface area contributed by atoms with Crippen molar-refractivity contribution in [2.24, 2.45) is 0 Å². The van der Waals surface area contributed by atoms with Crippen molar-refractivity contribution in [3.05, 3.63) is 41.4 Å². The van der Waals surface area contributed by atoms with Crippen LogP contribution in [0.5, 0.6) is 0 Å². The van der Waals surface area contributed by atoms with Gasteiger partial charge in [-0.25, -0.2) is 4.98 Å². The number of benzene rings is 1. The summed E-state index contributed by atoms with van der Waals surface area (Å²) in [7, 11) is 0. The minimum Gasteiger partial charge on any atom is -0.379 e. The number of hydrogen-bond acceptors (Lipinski definition) is 4. The number of thiazole rings is 1. The summed E-state index contributed by atoms with van der Waals surface area (Å²) in [6.45, 7) is 4.06. The van der Waals surface area contributed by atoms with Crippen LogP contribution in [0.1, 0.15) is 25.5 Å². The molecule has 1 aromatic heterocycles. The maximum Gasteiger partial charge on any atom is 0.185 e. The molecule has 0 radical (unpaired) electrons. The molecule has 2 aromatic rings. The fraction of sp³-hybridized carbons (Fsp3) is 0.400. The van der Waals surface area contributed by atoms with Gasteiger partial charge in [-0.05, 0) is 31.9 Å². The zero-order valence-corrected chi connectivity index (χ0v) is 12.0. The number of para-hydroxylation sites is 1. The third kappa shape index (κ3) is 3.07. The van der Waals surface area contributed by atoms with Gasteiger partial charge < -0.3 is 10.2 Å². The summed E-state index contributed by atoms with van der Waals surface area (Å²) in [5.41, 5.74) is 2.27. The molecule has 1 fully saturated rings. The van der Waals surface area contributed by atoms with Crippen molar-refractivity contribution in [3.8, 4) is 0 Å². The fourth-order valence-corrected chi connectivity index (χ4v) is 3.15. The molecule has 1 aliphatic rings. The second-order valence-electron chi connectivity index (χ2n) is 4.86. The van der Waals surface area contributed by atoms with Crippen LogP contribution < -0.4 is 10.2 Å². The first kappa shape index (κ1) is 12.5. The van der Waals surface area contributed by atoms with Crippen LogP contribution in [0.3, 0.4) is 0 Å². The Morgan fingerprint density at radius 3 is 2.79 bits per heavy atom. The molecule has 100 valence electrons. The lowest BCUT2D eigenvalue weighted by atomic mass is 10.3. The molecular weight excluding hydrogens is 254 g/mol. The fourth-order valence-electron chi connectivity index (χ4n) is 2.19. The minimum atomic E-state index is 0.742. The molecule has 0 unspecified atom stereocenters. The van der Waals surface area contributed by atoms with Crippen LogP contribution in [0.25, 0.3) is 0 Å². The quantitative estimate of drug-likeness (QED) is 0.869. The zero-order valence-electron chi connectivity index (χ0n) is 11.2. The van der Waals surface area contributed by atoms with Crippen LogP contribution in [-0.2, 0) is 6.54 Å². The van der Waals surface area contributed by atoms with Gasteiger partial charge in [0.1, 0.15) is 0 Å². The lowest BCUT2D eigenvalue weighted by Gasteiger charge is -2.18. The van der Waals surface area contributed by atoms with Crippen LogP contribution in [0.4, 0.5) is 10.8 Å². The lowest BCUT2D eigenvalue weighted by molar-refractivity contribution is 0.817. The Hall–Kier alpha value is -1.55. The molecule has 1 aliphatic carbocycles. The zero-order chi connectivity index (χ0) is 13.1. The van der Waals surface area contributed by atoms with Crippen molar-refractivity contribution in [2.45, 2.75) is 32.4 Å². The largest absolute Gasteiger partial charge is 0.379 e. The Morgan fingerprint density at radius 1 is 1.32 bits per heavy atom. The highest BCUT2D eigenvalue weighted by Crippen LogP contribution is 2.33. The topological polar surface area (TPSA) is 28.2 Å². The molecule has 0 atom stereocenters. The maximum absolute atomic E-state index is 4.74. The van der Waals surface area contributed by atoms with Gasteiger partial charge in [0.2, 0.25) is 0 Å². The SMILES string of the molecule is CCN(c1nc(CNc2ccccc2)cs1)C1CC1. The molecule has 1 N–H and O–H groups in total. The van der Waals surface area contributed by atoms with Gasteiger partial charge in [0.25, 0.3) is 0 Å². The van der Waals surface area contributed by atoms with E-state index in [2.05, 4.69) is 34.7 Å². The highest BCUT2D eigenvalue weighted by molar-refractivity contribution is 7.13. The van der Waals surface area contributed by atoms with Crippen LogP contribution in [0.2, 0.25) is 0 Å². The normalized spacial score (nSPS) is 14.4. The first-order valence-corrected chi connectivity index (χ1v) is 7.74. The Balaban J connectivity index is 1.61. The molecule has 3 nitrogen and oxygen atoms in total. The van der Waals surface area contributed by atoms with Gasteiger partial charge >= 0.3 is 0 Å². The number of nitrogens with zero attached hydrogens (tertiary/aromatic N) is 2. The highest BCUT2D eigenvalue weighted by atomic mass is 32.1. The standard InChI is InChI=1S/C15H19N3S/c1-2-18(14-8-9-14)15-17-13(11-19-15)10-16-12-6-4-3-5-7-12/h3-7,11,14,16H,2,8-10H2,1H3. The maximum atomic E-state index is 4.74. The smallest absolute Gasteiger partial charge is 0.185 e. The second-order valence-corrected chi connectivity index (χ2v) is 5.69. The molecule has 4 heteroatoms. The van der Waals surface area contributed by atoms with Crippen molar-refractivity contribution in [2.75, 3.05) is 16.8 Å². The van der Waals surface area contributed by atoms with Crippen molar-refractivity contribution >= 4 is 22.2 Å². The molecule has 0 spiro atoms. The molecule has 0 aliphatic heterocycles. The van der Waals surface area contributed by atoms with Gasteiger partial charge in [-0.2, -0.15) is 0 Å². The third-order valence-corrected chi connectivity index (χ3v) is 4.29. The number of aromatic nitrogens is 1. The van der Waals surface area contributed by atoms with Crippen LogP contribution >= 0.6 is 11.3 Å². The molecule has 1 saturated carbocycles. The van der Waals surface area contributed by atoms with E-state index in [1.807, 2.05) is 18.2 Å². The van der Waals surface area contributed by atoms with E-state index in [1.165, 1.54) is 18.0 Å². The van der Waals surface area contributed by atoms with Crippen molar-refractivity contribution in [3.63, 3.8) is 0 Å². The van der Waals surface area contributed by atoms with Gasteiger partial charge in [-0.15, -0.1) is 11.3 Å². The number of nitrogens with one attached hydrogen (secondary N) is 1. The average Bonchev–Trinajstić information content (AvgIpc) is 3.17. The van der Waals surface area contributed by atoms with Crippen molar-refractivity contribution in [1.82, 2.24) is 4.98 Å². The summed E-state index contributed by atoms with van der Waals surface area (Å²) in [6, 6.07) is 11.0. The molecular formula is C15H19N3S. The number of rotatable bonds is 6. The molecule has 1 aromatic carbocycles. The Bertz CT molecular complexity index is 519. The van der Waals surface area contributed by atoms with Crippen LogP contribution in [-0.4, -0.2) is 17.6 Å². The summed E-state index contributed by atoms with van der Waals surface area (Å²) >= 11 is 1.76. The van der Waals surface area contributed by atoms with Crippen molar-refractivity contribution < 1.29 is 0 Å². The Labute approximate surface area is 118 Å². The monoisotopic (exact) mass is 273 g/mol. The Kier molecular flexibility index (Phi) is 3.69. The number of anilines is 2. The summed E-state index contributed by atoms with van der Waals surface area (Å²) in [4.78, 5) is 7.17. The average molecular weight is 273 g/mol. The van der Waals surface area contributed by atoms with Gasteiger partial charge in [-0.1, -0.05) is 18.2 Å². The molecule has 19 heavy (non-hydrogen) atoms. The van der Waals surface area contributed by atoms with E-state index in [0.29, 0.717) is 0 Å². The van der Waals surface area contributed by atoms with Gasteiger partial charge in [0, 0.05) is 23.7 Å². The second kappa shape index (κ2) is 5.61. The van der Waals surface area contributed by atoms with Crippen LogP contribution in [0.15, 0.2) is 35.7 Å².